The van der Waals surface area contributed by atoms with E-state index < -0.39 is 0 Å². The van der Waals surface area contributed by atoms with E-state index in [1.165, 1.54) is 5.56 Å². The highest BCUT2D eigenvalue weighted by Gasteiger charge is 2.17. The first-order valence-corrected chi connectivity index (χ1v) is 8.63. The van der Waals surface area contributed by atoms with Crippen LogP contribution in [0.2, 0.25) is 0 Å². The first kappa shape index (κ1) is 16.8. The molecule has 1 amide bonds. The lowest BCUT2D eigenvalue weighted by Crippen LogP contribution is -2.23. The molecule has 0 fully saturated rings. The van der Waals surface area contributed by atoms with Crippen LogP contribution in [0.1, 0.15) is 21.7 Å². The van der Waals surface area contributed by atoms with Crippen molar-refractivity contribution < 1.29 is 13.6 Å². The summed E-state index contributed by atoms with van der Waals surface area (Å²) in [5.74, 6) is 1.56. The topological polar surface area (TPSA) is 68.3 Å². The zero-order valence-electron chi connectivity index (χ0n) is 14.8. The molecular formula is C22H18N2O3. The monoisotopic (exact) mass is 358 g/mol. The third-order valence-electron chi connectivity index (χ3n) is 4.25. The van der Waals surface area contributed by atoms with Gasteiger partial charge in [-0.1, -0.05) is 42.0 Å². The van der Waals surface area contributed by atoms with Gasteiger partial charge < -0.3 is 14.2 Å². The number of hydrogen-bond acceptors (Lipinski definition) is 4. The molecule has 0 unspecified atom stereocenters. The molecule has 5 nitrogen and oxygen atoms in total. The number of carbonyl (C=O) groups is 1. The number of furan rings is 1. The molecule has 4 rings (SSSR count). The number of hydrogen-bond donors (Lipinski definition) is 1. The van der Waals surface area contributed by atoms with Crippen LogP contribution in [0.25, 0.3) is 22.8 Å². The summed E-state index contributed by atoms with van der Waals surface area (Å²) in [5.41, 5.74) is 3.27. The van der Waals surface area contributed by atoms with Gasteiger partial charge in [-0.25, -0.2) is 4.98 Å². The number of benzene rings is 2. The molecule has 4 aromatic rings. The number of oxazole rings is 1. The average molecular weight is 358 g/mol. The van der Waals surface area contributed by atoms with Crippen LogP contribution < -0.4 is 5.32 Å². The summed E-state index contributed by atoms with van der Waals surface area (Å²) in [6, 6.07) is 18.9. The maximum atomic E-state index is 12.6. The van der Waals surface area contributed by atoms with Crippen molar-refractivity contribution >= 4 is 5.91 Å². The van der Waals surface area contributed by atoms with Crippen LogP contribution >= 0.6 is 0 Å². The van der Waals surface area contributed by atoms with Crippen LogP contribution in [-0.4, -0.2) is 10.9 Å². The standard InChI is InChI=1S/C22H18N2O3/c1-15-8-10-16(11-9-15)20-14-24-22(27-20)19-7-3-2-6-18(19)21(25)23-13-17-5-4-12-26-17/h2-12,14H,13H2,1H3,(H,23,25). The van der Waals surface area contributed by atoms with Crippen molar-refractivity contribution in [2.45, 2.75) is 13.5 Å². The lowest BCUT2D eigenvalue weighted by atomic mass is 10.1. The Labute approximate surface area is 156 Å². The van der Waals surface area contributed by atoms with E-state index in [0.29, 0.717) is 35.1 Å². The fourth-order valence-electron chi connectivity index (χ4n) is 2.79. The molecule has 0 radical (unpaired) electrons. The summed E-state index contributed by atoms with van der Waals surface area (Å²) in [4.78, 5) is 17.0. The van der Waals surface area contributed by atoms with E-state index in [1.807, 2.05) is 55.5 Å². The Kier molecular flexibility index (Phi) is 4.58. The Morgan fingerprint density at radius 2 is 1.85 bits per heavy atom. The third kappa shape index (κ3) is 3.67. The van der Waals surface area contributed by atoms with E-state index in [1.54, 1.807) is 24.6 Å². The van der Waals surface area contributed by atoms with Gasteiger partial charge >= 0.3 is 0 Å². The fourth-order valence-corrected chi connectivity index (χ4v) is 2.79. The van der Waals surface area contributed by atoms with E-state index in [4.69, 9.17) is 8.83 Å². The van der Waals surface area contributed by atoms with Crippen LogP contribution in [0.15, 0.2) is 82.0 Å². The van der Waals surface area contributed by atoms with Crippen LogP contribution in [0.4, 0.5) is 0 Å². The minimum Gasteiger partial charge on any atom is -0.467 e. The van der Waals surface area contributed by atoms with Crippen LogP contribution in [0.3, 0.4) is 0 Å². The van der Waals surface area contributed by atoms with Gasteiger partial charge in [0.1, 0.15) is 5.76 Å². The largest absolute Gasteiger partial charge is 0.467 e. The van der Waals surface area contributed by atoms with Gasteiger partial charge in [0, 0.05) is 11.1 Å². The van der Waals surface area contributed by atoms with Gasteiger partial charge in [-0.15, -0.1) is 0 Å². The summed E-state index contributed by atoms with van der Waals surface area (Å²) in [5, 5.41) is 2.85. The Morgan fingerprint density at radius 3 is 2.63 bits per heavy atom. The minimum absolute atomic E-state index is 0.211. The number of rotatable bonds is 5. The number of carbonyl (C=O) groups excluding carboxylic acids is 1. The van der Waals surface area contributed by atoms with E-state index in [-0.39, 0.29) is 5.91 Å². The Hall–Kier alpha value is -3.60. The Morgan fingerprint density at radius 1 is 1.04 bits per heavy atom. The molecule has 2 aromatic heterocycles. The predicted molar refractivity (Wildman–Crippen MR) is 102 cm³/mol. The molecule has 2 aromatic carbocycles. The van der Waals surface area contributed by atoms with Crippen LogP contribution in [-0.2, 0) is 6.54 Å². The molecule has 0 aliphatic carbocycles. The van der Waals surface area contributed by atoms with Crippen molar-refractivity contribution in [2.24, 2.45) is 0 Å². The smallest absolute Gasteiger partial charge is 0.252 e. The van der Waals surface area contributed by atoms with Crippen LogP contribution in [0.5, 0.6) is 0 Å². The van der Waals surface area contributed by atoms with E-state index in [2.05, 4.69) is 10.3 Å². The van der Waals surface area contributed by atoms with Gasteiger partial charge in [0.2, 0.25) is 5.89 Å². The van der Waals surface area contributed by atoms with Gasteiger partial charge in [-0.2, -0.15) is 0 Å². The van der Waals surface area contributed by atoms with Gasteiger partial charge in [-0.3, -0.25) is 4.79 Å². The maximum absolute atomic E-state index is 12.6. The zero-order chi connectivity index (χ0) is 18.6. The molecule has 1 N–H and O–H groups in total. The highest BCUT2D eigenvalue weighted by Crippen LogP contribution is 2.28. The van der Waals surface area contributed by atoms with Crippen molar-refractivity contribution in [3.63, 3.8) is 0 Å². The quantitative estimate of drug-likeness (QED) is 0.554. The number of aromatic nitrogens is 1. The maximum Gasteiger partial charge on any atom is 0.252 e. The molecule has 2 heterocycles. The lowest BCUT2D eigenvalue weighted by molar-refractivity contribution is 0.0948. The molecule has 134 valence electrons. The van der Waals surface area contributed by atoms with E-state index >= 15 is 0 Å². The molecule has 0 aliphatic heterocycles. The second-order valence-corrected chi connectivity index (χ2v) is 6.20. The molecule has 0 spiro atoms. The third-order valence-corrected chi connectivity index (χ3v) is 4.25. The summed E-state index contributed by atoms with van der Waals surface area (Å²) < 4.78 is 11.2. The zero-order valence-corrected chi connectivity index (χ0v) is 14.8. The highest BCUT2D eigenvalue weighted by molar-refractivity contribution is 5.99. The second-order valence-electron chi connectivity index (χ2n) is 6.20. The summed E-state index contributed by atoms with van der Waals surface area (Å²) in [6.45, 7) is 2.35. The number of amides is 1. The lowest BCUT2D eigenvalue weighted by Gasteiger charge is -2.07. The van der Waals surface area contributed by atoms with Gasteiger partial charge in [0.05, 0.1) is 24.6 Å². The molecule has 0 bridgehead atoms. The minimum atomic E-state index is -0.211. The second kappa shape index (κ2) is 7.33. The Balaban J connectivity index is 1.59. The first-order chi connectivity index (χ1) is 13.2. The number of aryl methyl sites for hydroxylation is 1. The van der Waals surface area contributed by atoms with Gasteiger partial charge in [0.25, 0.3) is 5.91 Å². The molecule has 0 saturated carbocycles. The molecule has 27 heavy (non-hydrogen) atoms. The summed E-state index contributed by atoms with van der Waals surface area (Å²) >= 11 is 0. The van der Waals surface area contributed by atoms with Crippen molar-refractivity contribution in [1.82, 2.24) is 10.3 Å². The summed E-state index contributed by atoms with van der Waals surface area (Å²) in [7, 11) is 0. The normalized spacial score (nSPS) is 10.7. The van der Waals surface area contributed by atoms with Crippen molar-refractivity contribution in [1.29, 1.82) is 0 Å². The fraction of sp³-hybridized carbons (Fsp3) is 0.0909. The molecule has 5 heteroatoms. The van der Waals surface area contributed by atoms with E-state index in [9.17, 15) is 4.79 Å². The summed E-state index contributed by atoms with van der Waals surface area (Å²) in [6.07, 6.45) is 3.26. The van der Waals surface area contributed by atoms with Crippen LogP contribution in [0, 0.1) is 6.92 Å². The number of nitrogens with zero attached hydrogens (tertiary/aromatic N) is 1. The van der Waals surface area contributed by atoms with Gasteiger partial charge in [-0.05, 0) is 31.2 Å². The molecule has 0 aliphatic rings. The first-order valence-electron chi connectivity index (χ1n) is 8.63. The van der Waals surface area contributed by atoms with Crippen molar-refractivity contribution in [2.75, 3.05) is 0 Å². The predicted octanol–water partition coefficient (Wildman–Crippen LogP) is 4.84. The van der Waals surface area contributed by atoms with E-state index in [0.717, 1.165) is 5.56 Å². The van der Waals surface area contributed by atoms with Crippen molar-refractivity contribution in [3.05, 3.63) is 90.0 Å². The molecule has 0 saturated heterocycles. The number of nitrogens with one attached hydrogen (secondary N) is 1. The van der Waals surface area contributed by atoms with Crippen molar-refractivity contribution in [3.8, 4) is 22.8 Å². The Bertz CT molecular complexity index is 1050. The van der Waals surface area contributed by atoms with Gasteiger partial charge in [0.15, 0.2) is 5.76 Å². The molecular weight excluding hydrogens is 340 g/mol. The average Bonchev–Trinajstić information content (AvgIpc) is 3.39. The highest BCUT2D eigenvalue weighted by atomic mass is 16.4. The molecule has 0 atom stereocenters. The SMILES string of the molecule is Cc1ccc(-c2cnc(-c3ccccc3C(=O)NCc3ccco3)o2)cc1.